The molecule has 1 saturated heterocycles. The van der Waals surface area contributed by atoms with E-state index in [1.807, 2.05) is 12.1 Å². The zero-order chi connectivity index (χ0) is 19.5. The zero-order valence-corrected chi connectivity index (χ0v) is 15.8. The quantitative estimate of drug-likeness (QED) is 0.686. The van der Waals surface area contributed by atoms with Gasteiger partial charge in [0.1, 0.15) is 23.6 Å². The van der Waals surface area contributed by atoms with Crippen molar-refractivity contribution in [3.05, 3.63) is 60.0 Å². The van der Waals surface area contributed by atoms with Crippen molar-refractivity contribution in [2.75, 3.05) is 20.2 Å². The number of methoxy groups -OCH3 is 1. The van der Waals surface area contributed by atoms with E-state index in [2.05, 4.69) is 27.0 Å². The highest BCUT2D eigenvalue weighted by atomic mass is 19.1. The highest BCUT2D eigenvalue weighted by Gasteiger charge is 2.18. The van der Waals surface area contributed by atoms with Crippen molar-refractivity contribution in [2.24, 2.45) is 0 Å². The Morgan fingerprint density at radius 2 is 2.00 bits per heavy atom. The van der Waals surface area contributed by atoms with E-state index < -0.39 is 6.17 Å². The number of imidazole rings is 1. The third kappa shape index (κ3) is 4.07. The second-order valence-corrected chi connectivity index (χ2v) is 7.14. The van der Waals surface area contributed by atoms with E-state index in [1.165, 1.54) is 6.07 Å². The number of ether oxygens (including phenoxy) is 1. The molecule has 3 aromatic rings. The predicted octanol–water partition coefficient (Wildman–Crippen LogP) is 4.83. The normalized spacial score (nSPS) is 15.7. The minimum absolute atomic E-state index is 0.332. The van der Waals surface area contributed by atoms with Crippen molar-refractivity contribution in [3.8, 4) is 28.4 Å². The number of rotatable bonds is 5. The van der Waals surface area contributed by atoms with Gasteiger partial charge in [-0.3, -0.25) is 4.90 Å². The molecule has 0 atom stereocenters. The van der Waals surface area contributed by atoms with Crippen molar-refractivity contribution >= 4 is 0 Å². The average Bonchev–Trinajstić information content (AvgIpc) is 3.20. The van der Waals surface area contributed by atoms with Gasteiger partial charge in [-0.15, -0.1) is 0 Å². The van der Waals surface area contributed by atoms with Crippen LogP contribution in [0.25, 0.3) is 22.6 Å². The van der Waals surface area contributed by atoms with Crippen LogP contribution in [0, 0.1) is 5.82 Å². The first-order chi connectivity index (χ1) is 13.6. The molecule has 1 aliphatic rings. The molecular weight excluding hydrogens is 360 g/mol. The van der Waals surface area contributed by atoms with Gasteiger partial charge in [-0.2, -0.15) is 0 Å². The number of hydrogen-bond acceptors (Lipinski definition) is 3. The van der Waals surface area contributed by atoms with Gasteiger partial charge < -0.3 is 9.72 Å². The fourth-order valence-corrected chi connectivity index (χ4v) is 3.58. The summed E-state index contributed by atoms with van der Waals surface area (Å²) in [6.07, 6.45) is 2.17. The van der Waals surface area contributed by atoms with E-state index in [4.69, 9.17) is 4.74 Å². The van der Waals surface area contributed by atoms with Gasteiger partial charge in [-0.05, 0) is 42.7 Å². The van der Waals surface area contributed by atoms with Crippen LogP contribution >= 0.6 is 0 Å². The average molecular weight is 383 g/mol. The maximum absolute atomic E-state index is 14.2. The summed E-state index contributed by atoms with van der Waals surface area (Å²) in [7, 11) is 1.55. The Morgan fingerprint density at radius 3 is 2.79 bits per heavy atom. The second-order valence-electron chi connectivity index (χ2n) is 7.14. The smallest absolute Gasteiger partial charge is 0.137 e. The molecule has 1 N–H and O–H groups in total. The summed E-state index contributed by atoms with van der Waals surface area (Å²) < 4.78 is 32.7. The summed E-state index contributed by atoms with van der Waals surface area (Å²) in [5.41, 5.74) is 3.11. The molecule has 0 bridgehead atoms. The monoisotopic (exact) mass is 383 g/mol. The van der Waals surface area contributed by atoms with Crippen LogP contribution in [-0.2, 0) is 6.54 Å². The number of nitrogens with zero attached hydrogens (tertiary/aromatic N) is 2. The van der Waals surface area contributed by atoms with Crippen LogP contribution in [0.1, 0.15) is 18.4 Å². The Hall–Kier alpha value is -2.73. The molecule has 146 valence electrons. The molecule has 1 aromatic heterocycles. The van der Waals surface area contributed by atoms with Crippen LogP contribution in [0.3, 0.4) is 0 Å². The highest BCUT2D eigenvalue weighted by Crippen LogP contribution is 2.28. The standard InChI is InChI=1S/C22H23F2N3O/c1-28-18-5-6-20(24)19(12-18)21-13-25-22(26-21)16-4-2-3-15(11-16)14-27-9-7-17(23)8-10-27/h2-6,11-13,17H,7-10,14H2,1H3,(H,25,26). The van der Waals surface area contributed by atoms with Crippen molar-refractivity contribution in [1.29, 1.82) is 0 Å². The minimum Gasteiger partial charge on any atom is -0.497 e. The molecule has 1 fully saturated rings. The van der Waals surface area contributed by atoms with Gasteiger partial charge in [0, 0.05) is 30.8 Å². The Balaban J connectivity index is 1.54. The molecule has 1 aliphatic heterocycles. The van der Waals surface area contributed by atoms with Gasteiger partial charge >= 0.3 is 0 Å². The molecule has 4 rings (SSSR count). The Kier molecular flexibility index (Phi) is 5.39. The number of aromatic amines is 1. The van der Waals surface area contributed by atoms with Crippen molar-refractivity contribution in [3.63, 3.8) is 0 Å². The number of benzene rings is 2. The van der Waals surface area contributed by atoms with Crippen LogP contribution in [0.4, 0.5) is 8.78 Å². The predicted molar refractivity (Wildman–Crippen MR) is 105 cm³/mol. The number of halogens is 2. The molecule has 0 spiro atoms. The van der Waals surface area contributed by atoms with Crippen LogP contribution in [-0.4, -0.2) is 41.2 Å². The zero-order valence-electron chi connectivity index (χ0n) is 15.8. The summed E-state index contributed by atoms with van der Waals surface area (Å²) in [5.74, 6) is 0.939. The molecule has 4 nitrogen and oxygen atoms in total. The SMILES string of the molecule is COc1ccc(F)c(-c2cnc(-c3cccc(CN4CCC(F)CC4)c3)[nH]2)c1. The molecular formula is C22H23F2N3O. The van der Waals surface area contributed by atoms with Gasteiger partial charge in [-0.25, -0.2) is 13.8 Å². The maximum Gasteiger partial charge on any atom is 0.137 e. The number of hydrogen-bond donors (Lipinski definition) is 1. The molecule has 2 heterocycles. The van der Waals surface area contributed by atoms with Crippen LogP contribution in [0.2, 0.25) is 0 Å². The summed E-state index contributed by atoms with van der Waals surface area (Å²) in [6, 6.07) is 12.7. The molecule has 0 saturated carbocycles. The van der Waals surface area contributed by atoms with Crippen molar-refractivity contribution in [1.82, 2.24) is 14.9 Å². The van der Waals surface area contributed by atoms with Crippen LogP contribution < -0.4 is 4.74 Å². The number of nitrogens with one attached hydrogen (secondary N) is 1. The Morgan fingerprint density at radius 1 is 1.18 bits per heavy atom. The van der Waals surface area contributed by atoms with E-state index in [9.17, 15) is 8.78 Å². The number of H-pyrrole nitrogens is 1. The van der Waals surface area contributed by atoms with Crippen LogP contribution in [0.5, 0.6) is 5.75 Å². The lowest BCUT2D eigenvalue weighted by atomic mass is 10.1. The first-order valence-electron chi connectivity index (χ1n) is 9.47. The van der Waals surface area contributed by atoms with E-state index in [1.54, 1.807) is 25.4 Å². The maximum atomic E-state index is 14.2. The number of likely N-dealkylation sites (tertiary alicyclic amines) is 1. The van der Waals surface area contributed by atoms with Gasteiger partial charge in [0.15, 0.2) is 0 Å². The summed E-state index contributed by atoms with van der Waals surface area (Å²) >= 11 is 0. The van der Waals surface area contributed by atoms with Gasteiger partial charge in [-0.1, -0.05) is 18.2 Å². The molecule has 0 amide bonds. The van der Waals surface area contributed by atoms with Crippen molar-refractivity contribution in [2.45, 2.75) is 25.6 Å². The first kappa shape index (κ1) is 18.6. The third-order valence-corrected chi connectivity index (χ3v) is 5.16. The molecule has 2 aromatic carbocycles. The highest BCUT2D eigenvalue weighted by molar-refractivity contribution is 5.66. The van der Waals surface area contributed by atoms with E-state index in [0.29, 0.717) is 35.7 Å². The first-order valence-corrected chi connectivity index (χ1v) is 9.47. The second kappa shape index (κ2) is 8.10. The lowest BCUT2D eigenvalue weighted by Crippen LogP contribution is -2.33. The number of piperidine rings is 1. The van der Waals surface area contributed by atoms with Gasteiger partial charge in [0.25, 0.3) is 0 Å². The Labute approximate surface area is 163 Å². The lowest BCUT2D eigenvalue weighted by molar-refractivity contribution is 0.145. The summed E-state index contributed by atoms with van der Waals surface area (Å²) in [5, 5.41) is 0. The van der Waals surface area contributed by atoms with Gasteiger partial charge in [0.2, 0.25) is 0 Å². The lowest BCUT2D eigenvalue weighted by Gasteiger charge is -2.28. The molecule has 6 heteroatoms. The minimum atomic E-state index is -0.666. The largest absolute Gasteiger partial charge is 0.497 e. The van der Waals surface area contributed by atoms with Crippen LogP contribution in [0.15, 0.2) is 48.7 Å². The topological polar surface area (TPSA) is 41.1 Å². The van der Waals surface area contributed by atoms with E-state index >= 15 is 0 Å². The van der Waals surface area contributed by atoms with E-state index in [-0.39, 0.29) is 5.82 Å². The van der Waals surface area contributed by atoms with Crippen molar-refractivity contribution < 1.29 is 13.5 Å². The third-order valence-electron chi connectivity index (χ3n) is 5.16. The Bertz CT molecular complexity index is 948. The molecule has 28 heavy (non-hydrogen) atoms. The molecule has 0 aliphatic carbocycles. The molecule has 0 unspecified atom stereocenters. The number of alkyl halides is 1. The van der Waals surface area contributed by atoms with E-state index in [0.717, 1.165) is 30.8 Å². The molecule has 0 radical (unpaired) electrons. The number of aromatic nitrogens is 2. The fourth-order valence-electron chi connectivity index (χ4n) is 3.58. The summed E-state index contributed by atoms with van der Waals surface area (Å²) in [4.78, 5) is 9.91. The van der Waals surface area contributed by atoms with Gasteiger partial charge in [0.05, 0.1) is 19.0 Å². The fraction of sp³-hybridized carbons (Fsp3) is 0.318. The summed E-state index contributed by atoms with van der Waals surface area (Å²) in [6.45, 7) is 2.36.